The van der Waals surface area contributed by atoms with E-state index in [-0.39, 0.29) is 16.3 Å². The zero-order chi connectivity index (χ0) is 18.2. The molecule has 0 aromatic heterocycles. The van der Waals surface area contributed by atoms with Crippen molar-refractivity contribution in [3.05, 3.63) is 80.6 Å². The Bertz CT molecular complexity index is 1340. The SMILES string of the molecule is CC(C)(C)c1ccc2cc3c4c(=O)c5ccccc5c-4cc(=O)c-3c2c1. The van der Waals surface area contributed by atoms with Crippen molar-refractivity contribution in [3.63, 3.8) is 0 Å². The van der Waals surface area contributed by atoms with Gasteiger partial charge in [0.15, 0.2) is 10.9 Å². The standard InChI is InChI=1S/C24H18O2/c1-24(2,3)14-9-8-13-10-19-21(17(13)11-14)20(25)12-18-15-6-4-5-7-16(15)23(26)22(18)19/h4-12H,1-3H3. The molecule has 0 amide bonds. The highest BCUT2D eigenvalue weighted by molar-refractivity contribution is 6.13. The fourth-order valence-electron chi connectivity index (χ4n) is 4.13. The van der Waals surface area contributed by atoms with Crippen molar-refractivity contribution in [2.24, 2.45) is 0 Å². The van der Waals surface area contributed by atoms with Crippen LogP contribution in [0.15, 0.2) is 64.2 Å². The van der Waals surface area contributed by atoms with Gasteiger partial charge in [0, 0.05) is 16.5 Å². The second-order valence-corrected chi connectivity index (χ2v) is 8.16. The second kappa shape index (κ2) is 4.79. The molecule has 0 fully saturated rings. The van der Waals surface area contributed by atoms with Gasteiger partial charge in [-0.1, -0.05) is 57.2 Å². The van der Waals surface area contributed by atoms with Crippen LogP contribution >= 0.6 is 0 Å². The molecule has 0 atom stereocenters. The van der Waals surface area contributed by atoms with Crippen LogP contribution in [-0.4, -0.2) is 0 Å². The average molecular weight is 338 g/mol. The van der Waals surface area contributed by atoms with E-state index in [4.69, 9.17) is 0 Å². The summed E-state index contributed by atoms with van der Waals surface area (Å²) in [6.07, 6.45) is 0. The molecule has 3 aliphatic rings. The number of hydrogen-bond donors (Lipinski definition) is 0. The quantitative estimate of drug-likeness (QED) is 0.394. The van der Waals surface area contributed by atoms with E-state index >= 15 is 0 Å². The monoisotopic (exact) mass is 338 g/mol. The van der Waals surface area contributed by atoms with E-state index in [9.17, 15) is 9.59 Å². The summed E-state index contributed by atoms with van der Waals surface area (Å²) in [6, 6.07) is 17.5. The first-order valence-electron chi connectivity index (χ1n) is 8.88. The Morgan fingerprint density at radius 1 is 0.692 bits per heavy atom. The summed E-state index contributed by atoms with van der Waals surface area (Å²) in [5.41, 5.74) is 4.11. The highest BCUT2D eigenvalue weighted by Crippen LogP contribution is 2.42. The first-order valence-corrected chi connectivity index (χ1v) is 8.88. The molecule has 0 saturated heterocycles. The Kier molecular flexibility index (Phi) is 2.81. The zero-order valence-electron chi connectivity index (χ0n) is 15.0. The van der Waals surface area contributed by atoms with Gasteiger partial charge in [-0.15, -0.1) is 0 Å². The zero-order valence-corrected chi connectivity index (χ0v) is 15.0. The van der Waals surface area contributed by atoms with Gasteiger partial charge in [0.25, 0.3) is 0 Å². The minimum atomic E-state index is -0.00990. The van der Waals surface area contributed by atoms with Gasteiger partial charge in [0.1, 0.15) is 0 Å². The number of hydrogen-bond acceptors (Lipinski definition) is 2. The Balaban J connectivity index is 1.98. The Morgan fingerprint density at radius 3 is 2.15 bits per heavy atom. The summed E-state index contributed by atoms with van der Waals surface area (Å²) in [5, 5.41) is 3.52. The van der Waals surface area contributed by atoms with Crippen LogP contribution in [0.3, 0.4) is 0 Å². The average Bonchev–Trinajstić information content (AvgIpc) is 3.11. The van der Waals surface area contributed by atoms with Gasteiger partial charge in [0.2, 0.25) is 0 Å². The molecule has 0 saturated carbocycles. The molecule has 0 heterocycles. The topological polar surface area (TPSA) is 34.1 Å². The lowest BCUT2D eigenvalue weighted by atomic mass is 9.86. The highest BCUT2D eigenvalue weighted by atomic mass is 16.1. The molecule has 2 aromatic rings. The maximum absolute atomic E-state index is 13.0. The maximum atomic E-state index is 13.0. The molecule has 26 heavy (non-hydrogen) atoms. The minimum absolute atomic E-state index is 0.00359. The molecule has 0 aliphatic heterocycles. The van der Waals surface area contributed by atoms with Crippen LogP contribution in [0.25, 0.3) is 43.8 Å². The molecule has 0 bridgehead atoms. The summed E-state index contributed by atoms with van der Waals surface area (Å²) in [7, 11) is 0. The number of rotatable bonds is 0. The Labute approximate surface area is 151 Å². The summed E-state index contributed by atoms with van der Waals surface area (Å²) in [6.45, 7) is 6.49. The molecular weight excluding hydrogens is 320 g/mol. The molecule has 3 aliphatic carbocycles. The van der Waals surface area contributed by atoms with Crippen LogP contribution < -0.4 is 10.9 Å². The predicted octanol–water partition coefficient (Wildman–Crippen LogP) is 5.10. The Hall–Kier alpha value is -3.00. The van der Waals surface area contributed by atoms with Gasteiger partial charge in [-0.3, -0.25) is 9.59 Å². The van der Waals surface area contributed by atoms with Crippen LogP contribution in [0.1, 0.15) is 26.3 Å². The molecule has 2 nitrogen and oxygen atoms in total. The van der Waals surface area contributed by atoms with Crippen molar-refractivity contribution >= 4 is 21.5 Å². The summed E-state index contributed by atoms with van der Waals surface area (Å²) < 4.78 is 0. The summed E-state index contributed by atoms with van der Waals surface area (Å²) in [4.78, 5) is 26.0. The summed E-state index contributed by atoms with van der Waals surface area (Å²) in [5.74, 6) is 0. The molecule has 5 rings (SSSR count). The molecule has 0 unspecified atom stereocenters. The van der Waals surface area contributed by atoms with E-state index < -0.39 is 0 Å². The van der Waals surface area contributed by atoms with Gasteiger partial charge in [-0.05, 0) is 56.5 Å². The van der Waals surface area contributed by atoms with Gasteiger partial charge < -0.3 is 0 Å². The van der Waals surface area contributed by atoms with Gasteiger partial charge in [-0.2, -0.15) is 0 Å². The van der Waals surface area contributed by atoms with E-state index in [0.29, 0.717) is 16.5 Å². The van der Waals surface area contributed by atoms with Gasteiger partial charge in [-0.25, -0.2) is 0 Å². The van der Waals surface area contributed by atoms with Gasteiger partial charge in [0.05, 0.1) is 0 Å². The van der Waals surface area contributed by atoms with Crippen molar-refractivity contribution in [3.8, 4) is 22.3 Å². The second-order valence-electron chi connectivity index (χ2n) is 8.16. The lowest BCUT2D eigenvalue weighted by molar-refractivity contribution is 0.591. The first-order chi connectivity index (χ1) is 12.4. The van der Waals surface area contributed by atoms with Crippen molar-refractivity contribution in [2.75, 3.05) is 0 Å². The minimum Gasteiger partial charge on any atom is -0.289 e. The molecule has 0 spiro atoms. The normalized spacial score (nSPS) is 12.7. The van der Waals surface area contributed by atoms with Crippen LogP contribution in [0.5, 0.6) is 0 Å². The first kappa shape index (κ1) is 15.3. The molecule has 2 aromatic carbocycles. The fraction of sp³-hybridized carbons (Fsp3) is 0.167. The third kappa shape index (κ3) is 1.87. The van der Waals surface area contributed by atoms with Crippen LogP contribution in [0.4, 0.5) is 0 Å². The molecule has 2 heteroatoms. The molecule has 0 radical (unpaired) electrons. The van der Waals surface area contributed by atoms with Gasteiger partial charge >= 0.3 is 0 Å². The van der Waals surface area contributed by atoms with E-state index in [1.54, 1.807) is 6.07 Å². The molecule has 126 valence electrons. The fourth-order valence-corrected chi connectivity index (χ4v) is 4.13. The Morgan fingerprint density at radius 2 is 1.42 bits per heavy atom. The smallest absolute Gasteiger partial charge is 0.194 e. The van der Waals surface area contributed by atoms with E-state index in [2.05, 4.69) is 39.0 Å². The van der Waals surface area contributed by atoms with Crippen molar-refractivity contribution in [1.82, 2.24) is 0 Å². The number of benzene rings is 3. The third-order valence-corrected chi connectivity index (χ3v) is 5.51. The van der Waals surface area contributed by atoms with Crippen molar-refractivity contribution in [1.29, 1.82) is 0 Å². The van der Waals surface area contributed by atoms with E-state index in [0.717, 1.165) is 27.3 Å². The number of fused-ring (bicyclic) bond motifs is 7. The van der Waals surface area contributed by atoms with Crippen LogP contribution in [0, 0.1) is 0 Å². The predicted molar refractivity (Wildman–Crippen MR) is 108 cm³/mol. The van der Waals surface area contributed by atoms with E-state index in [1.165, 1.54) is 5.56 Å². The van der Waals surface area contributed by atoms with Crippen molar-refractivity contribution < 1.29 is 0 Å². The lowest BCUT2D eigenvalue weighted by Gasteiger charge is -2.19. The van der Waals surface area contributed by atoms with Crippen LogP contribution in [-0.2, 0) is 5.41 Å². The lowest BCUT2D eigenvalue weighted by Crippen LogP contribution is -2.11. The van der Waals surface area contributed by atoms with Crippen LogP contribution in [0.2, 0.25) is 0 Å². The summed E-state index contributed by atoms with van der Waals surface area (Å²) >= 11 is 0. The highest BCUT2D eigenvalue weighted by Gasteiger charge is 2.27. The molecule has 0 N–H and O–H groups in total. The van der Waals surface area contributed by atoms with Crippen molar-refractivity contribution in [2.45, 2.75) is 26.2 Å². The third-order valence-electron chi connectivity index (χ3n) is 5.51. The van der Waals surface area contributed by atoms with E-state index in [1.807, 2.05) is 30.3 Å². The molecular formula is C24H18O2. The largest absolute Gasteiger partial charge is 0.289 e. The maximum Gasteiger partial charge on any atom is 0.194 e.